The highest BCUT2D eigenvalue weighted by atomic mass is 16.5. The average Bonchev–Trinajstić information content (AvgIpc) is 2.35. The first kappa shape index (κ1) is 14.4. The number of ether oxygens (including phenoxy) is 1. The van der Waals surface area contributed by atoms with Crippen molar-refractivity contribution in [3.8, 4) is 5.75 Å². The molecule has 0 heterocycles. The molecule has 106 valence electrons. The van der Waals surface area contributed by atoms with Gasteiger partial charge in [-0.25, -0.2) is 0 Å². The van der Waals surface area contributed by atoms with Crippen LogP contribution in [0.15, 0.2) is 24.3 Å². The minimum absolute atomic E-state index is 0.152. The summed E-state index contributed by atoms with van der Waals surface area (Å²) in [6.07, 6.45) is 4.52. The van der Waals surface area contributed by atoms with E-state index in [1.54, 1.807) is 0 Å². The Kier molecular flexibility index (Phi) is 4.51. The van der Waals surface area contributed by atoms with Gasteiger partial charge in [-0.3, -0.25) is 0 Å². The molecule has 0 aliphatic heterocycles. The smallest absolute Gasteiger partial charge is 0.119 e. The van der Waals surface area contributed by atoms with E-state index in [9.17, 15) is 0 Å². The van der Waals surface area contributed by atoms with Gasteiger partial charge in [0.2, 0.25) is 0 Å². The number of hydrogen-bond donors (Lipinski definition) is 1. The fraction of sp³-hybridized carbons (Fsp3) is 0.647. The molecule has 1 aliphatic carbocycles. The van der Waals surface area contributed by atoms with Gasteiger partial charge in [0.15, 0.2) is 0 Å². The topological polar surface area (TPSA) is 35.2 Å². The first-order chi connectivity index (χ1) is 9.03. The number of rotatable bonds is 4. The van der Waals surface area contributed by atoms with Crippen molar-refractivity contribution in [2.45, 2.75) is 52.0 Å². The van der Waals surface area contributed by atoms with E-state index in [-0.39, 0.29) is 5.54 Å². The van der Waals surface area contributed by atoms with Gasteiger partial charge in [-0.2, -0.15) is 0 Å². The number of benzene rings is 1. The average molecular weight is 261 g/mol. The normalized spacial score (nSPS) is 31.2. The number of nitrogens with two attached hydrogens (primary N) is 1. The molecule has 2 unspecified atom stereocenters. The summed E-state index contributed by atoms with van der Waals surface area (Å²) >= 11 is 0. The van der Waals surface area contributed by atoms with Gasteiger partial charge in [0.1, 0.15) is 5.75 Å². The molecule has 1 aromatic carbocycles. The van der Waals surface area contributed by atoms with E-state index in [2.05, 4.69) is 45.0 Å². The van der Waals surface area contributed by atoms with Crippen molar-refractivity contribution in [1.82, 2.24) is 0 Å². The summed E-state index contributed by atoms with van der Waals surface area (Å²) in [5.74, 6) is 2.38. The summed E-state index contributed by atoms with van der Waals surface area (Å²) in [5, 5.41) is 0. The molecule has 2 heteroatoms. The van der Waals surface area contributed by atoms with Gasteiger partial charge in [0, 0.05) is 5.54 Å². The molecule has 0 spiro atoms. The molecule has 19 heavy (non-hydrogen) atoms. The molecule has 0 aromatic heterocycles. The van der Waals surface area contributed by atoms with Gasteiger partial charge in [-0.15, -0.1) is 0 Å². The maximum Gasteiger partial charge on any atom is 0.119 e. The lowest BCUT2D eigenvalue weighted by Crippen LogP contribution is -2.43. The monoisotopic (exact) mass is 261 g/mol. The van der Waals surface area contributed by atoms with Crippen molar-refractivity contribution in [3.63, 3.8) is 0 Å². The minimum atomic E-state index is -0.152. The van der Waals surface area contributed by atoms with Gasteiger partial charge in [-0.05, 0) is 55.2 Å². The van der Waals surface area contributed by atoms with Crippen molar-refractivity contribution in [2.24, 2.45) is 17.6 Å². The Morgan fingerprint density at radius 1 is 1.16 bits per heavy atom. The van der Waals surface area contributed by atoms with Crippen LogP contribution in [0.5, 0.6) is 5.75 Å². The zero-order valence-electron chi connectivity index (χ0n) is 12.5. The van der Waals surface area contributed by atoms with Crippen molar-refractivity contribution >= 4 is 0 Å². The van der Waals surface area contributed by atoms with Crippen LogP contribution in [-0.2, 0) is 5.54 Å². The van der Waals surface area contributed by atoms with Crippen LogP contribution in [-0.4, -0.2) is 6.61 Å². The van der Waals surface area contributed by atoms with Crippen LogP contribution in [0.2, 0.25) is 0 Å². The summed E-state index contributed by atoms with van der Waals surface area (Å²) in [7, 11) is 0. The van der Waals surface area contributed by atoms with E-state index in [1.165, 1.54) is 12.0 Å². The van der Waals surface area contributed by atoms with Gasteiger partial charge in [0.05, 0.1) is 6.61 Å². The van der Waals surface area contributed by atoms with Crippen molar-refractivity contribution < 1.29 is 4.74 Å². The van der Waals surface area contributed by atoms with Crippen LogP contribution in [0.4, 0.5) is 0 Å². The van der Waals surface area contributed by atoms with E-state index in [0.717, 1.165) is 31.6 Å². The van der Waals surface area contributed by atoms with Gasteiger partial charge in [-0.1, -0.05) is 32.9 Å². The van der Waals surface area contributed by atoms with Crippen LogP contribution < -0.4 is 10.5 Å². The van der Waals surface area contributed by atoms with E-state index in [0.29, 0.717) is 11.8 Å². The highest BCUT2D eigenvalue weighted by molar-refractivity contribution is 5.32. The predicted molar refractivity (Wildman–Crippen MR) is 80.3 cm³/mol. The molecule has 0 amide bonds. The van der Waals surface area contributed by atoms with E-state index in [1.807, 2.05) is 0 Å². The maximum atomic E-state index is 6.67. The molecular weight excluding hydrogens is 234 g/mol. The molecule has 1 saturated carbocycles. The van der Waals surface area contributed by atoms with E-state index in [4.69, 9.17) is 10.5 Å². The van der Waals surface area contributed by atoms with Crippen LogP contribution >= 0.6 is 0 Å². The summed E-state index contributed by atoms with van der Waals surface area (Å²) in [6, 6.07) is 8.42. The quantitative estimate of drug-likeness (QED) is 0.886. The lowest BCUT2D eigenvalue weighted by Gasteiger charge is -2.40. The summed E-state index contributed by atoms with van der Waals surface area (Å²) < 4.78 is 5.63. The van der Waals surface area contributed by atoms with Crippen molar-refractivity contribution in [2.75, 3.05) is 6.61 Å². The Morgan fingerprint density at radius 2 is 1.74 bits per heavy atom. The zero-order valence-corrected chi connectivity index (χ0v) is 12.5. The molecule has 0 radical (unpaired) electrons. The molecule has 1 aromatic rings. The third kappa shape index (κ3) is 3.50. The van der Waals surface area contributed by atoms with Crippen molar-refractivity contribution in [1.29, 1.82) is 0 Å². The Hall–Kier alpha value is -1.02. The van der Waals surface area contributed by atoms with Gasteiger partial charge in [0.25, 0.3) is 0 Å². The Bertz CT molecular complexity index is 388. The van der Waals surface area contributed by atoms with E-state index < -0.39 is 0 Å². The third-order valence-corrected chi connectivity index (χ3v) is 4.13. The van der Waals surface area contributed by atoms with Crippen LogP contribution in [0.1, 0.15) is 52.0 Å². The molecule has 0 saturated heterocycles. The predicted octanol–water partition coefficient (Wildman–Crippen LogP) is 4.09. The van der Waals surface area contributed by atoms with Crippen LogP contribution in [0.3, 0.4) is 0 Å². The molecule has 1 fully saturated rings. The molecule has 2 rings (SSSR count). The molecule has 1 aliphatic rings. The highest BCUT2D eigenvalue weighted by Crippen LogP contribution is 2.40. The summed E-state index contributed by atoms with van der Waals surface area (Å²) in [6.45, 7) is 7.53. The highest BCUT2D eigenvalue weighted by Gasteiger charge is 2.35. The number of hydrogen-bond acceptors (Lipinski definition) is 2. The first-order valence-corrected chi connectivity index (χ1v) is 7.55. The lowest BCUT2D eigenvalue weighted by atomic mass is 9.69. The summed E-state index contributed by atoms with van der Waals surface area (Å²) in [5.41, 5.74) is 7.78. The van der Waals surface area contributed by atoms with Gasteiger partial charge < -0.3 is 10.5 Å². The van der Waals surface area contributed by atoms with E-state index >= 15 is 0 Å². The Labute approximate surface area is 117 Å². The molecule has 0 bridgehead atoms. The standard InChI is InChI=1S/C17H27NO/c1-4-9-19-16-7-5-15(6-8-16)17(18)11-13(2)10-14(3)12-17/h5-8,13-14H,4,9-12,18H2,1-3H3. The fourth-order valence-electron chi connectivity index (χ4n) is 3.52. The second-order valence-corrected chi connectivity index (χ2v) is 6.38. The molecule has 2 N–H and O–H groups in total. The minimum Gasteiger partial charge on any atom is -0.494 e. The molecule has 2 nitrogen and oxygen atoms in total. The Balaban J connectivity index is 2.11. The largest absolute Gasteiger partial charge is 0.494 e. The fourth-order valence-corrected chi connectivity index (χ4v) is 3.52. The lowest BCUT2D eigenvalue weighted by molar-refractivity contribution is 0.183. The second kappa shape index (κ2) is 5.96. The van der Waals surface area contributed by atoms with Gasteiger partial charge >= 0.3 is 0 Å². The first-order valence-electron chi connectivity index (χ1n) is 7.55. The SMILES string of the molecule is CCCOc1ccc(C2(N)CC(C)CC(C)C2)cc1. The van der Waals surface area contributed by atoms with Crippen LogP contribution in [0.25, 0.3) is 0 Å². The maximum absolute atomic E-state index is 6.67. The molecular formula is C17H27NO. The molecule has 2 atom stereocenters. The zero-order chi connectivity index (χ0) is 13.9. The Morgan fingerprint density at radius 3 is 2.26 bits per heavy atom. The van der Waals surface area contributed by atoms with Crippen LogP contribution in [0, 0.1) is 11.8 Å². The van der Waals surface area contributed by atoms with Crippen molar-refractivity contribution in [3.05, 3.63) is 29.8 Å². The third-order valence-electron chi connectivity index (χ3n) is 4.13. The summed E-state index contributed by atoms with van der Waals surface area (Å²) in [4.78, 5) is 0. The second-order valence-electron chi connectivity index (χ2n) is 6.38.